The zero-order valence-electron chi connectivity index (χ0n) is 36.6. The van der Waals surface area contributed by atoms with Crippen LogP contribution in [0.4, 0.5) is 8.78 Å². The molecule has 2 aliphatic heterocycles. The number of amides is 3. The summed E-state index contributed by atoms with van der Waals surface area (Å²) in [6.07, 6.45) is -3.63. The summed E-state index contributed by atoms with van der Waals surface area (Å²) in [5, 5.41) is 47.8. The van der Waals surface area contributed by atoms with Gasteiger partial charge in [-0.05, 0) is 115 Å². The molecule has 0 spiro atoms. The van der Waals surface area contributed by atoms with E-state index < -0.39 is 90.3 Å². The maximum atomic E-state index is 14.9. The molecule has 2 fully saturated rings. The number of hydrogen-bond donors (Lipinski definition) is 9. The van der Waals surface area contributed by atoms with Gasteiger partial charge in [0, 0.05) is 55.2 Å². The van der Waals surface area contributed by atoms with Crippen molar-refractivity contribution < 1.29 is 48.0 Å². The number of aliphatic hydroxyl groups is 3. The standard InChI is InChI=1S/C44H62F2N8O8/c1-21(47-5)41(57)51-37(23(3)61-7)43(59)53-15-13-35(55)33(53)19-29-27-11-9-25(45)17-31(27)49-39(29)40-30(28-12-10-26(46)18-32(28)50-40)20-34-36(56)14-16-54(34)44(60)38(24(4)62-8)52-42(58)22(2)48-6/h9-12,17-18,21-24,33-38,43,47-50,55-56,59H,13-16,19-20H2,1-8H3,(H,51,57)(H,52,58)/t21-,22-,23+,24+,33+,34+,35-,36-,37-,38-,43?/m0/s1. The first-order valence-electron chi connectivity index (χ1n) is 21.2. The zero-order chi connectivity index (χ0) is 45.2. The summed E-state index contributed by atoms with van der Waals surface area (Å²) < 4.78 is 40.9. The molecule has 18 heteroatoms. The monoisotopic (exact) mass is 868 g/mol. The molecule has 4 heterocycles. The van der Waals surface area contributed by atoms with Crippen LogP contribution in [0, 0.1) is 11.6 Å². The number of nitrogens with zero attached hydrogens (tertiary/aromatic N) is 2. The fraction of sp³-hybridized carbons (Fsp3) is 0.568. The molecule has 2 aromatic heterocycles. The number of rotatable bonds is 18. The first-order valence-corrected chi connectivity index (χ1v) is 21.2. The van der Waals surface area contributed by atoms with Gasteiger partial charge in [-0.25, -0.2) is 8.78 Å². The summed E-state index contributed by atoms with van der Waals surface area (Å²) in [6, 6.07) is 4.10. The van der Waals surface area contributed by atoms with Crippen LogP contribution in [0.15, 0.2) is 36.4 Å². The Morgan fingerprint density at radius 3 is 1.76 bits per heavy atom. The number of fused-ring (bicyclic) bond motifs is 2. The Hall–Kier alpha value is -4.53. The second kappa shape index (κ2) is 19.9. The quantitative estimate of drug-likeness (QED) is 0.0701. The van der Waals surface area contributed by atoms with Crippen molar-refractivity contribution in [1.29, 1.82) is 0 Å². The number of aromatic nitrogens is 2. The van der Waals surface area contributed by atoms with Gasteiger partial charge >= 0.3 is 0 Å². The van der Waals surface area contributed by atoms with Gasteiger partial charge < -0.3 is 60.9 Å². The zero-order valence-corrected chi connectivity index (χ0v) is 36.6. The van der Waals surface area contributed by atoms with Crippen molar-refractivity contribution in [3.8, 4) is 11.4 Å². The Labute approximate surface area is 360 Å². The van der Waals surface area contributed by atoms with Crippen molar-refractivity contribution in [3.05, 3.63) is 59.2 Å². The van der Waals surface area contributed by atoms with E-state index in [4.69, 9.17) is 9.47 Å². The summed E-state index contributed by atoms with van der Waals surface area (Å²) in [7, 11) is 6.22. The Bertz CT molecular complexity index is 2220. The number of carbonyl (C=O) groups is 3. The van der Waals surface area contributed by atoms with Crippen LogP contribution in [-0.2, 0) is 36.7 Å². The Morgan fingerprint density at radius 1 is 0.758 bits per heavy atom. The highest BCUT2D eigenvalue weighted by molar-refractivity contribution is 5.96. The highest BCUT2D eigenvalue weighted by Crippen LogP contribution is 2.40. The molecule has 11 atom stereocenters. The normalized spacial score (nSPS) is 23.0. The van der Waals surface area contributed by atoms with Crippen LogP contribution in [-0.4, -0.2) is 161 Å². The van der Waals surface area contributed by atoms with E-state index in [9.17, 15) is 38.5 Å². The maximum Gasteiger partial charge on any atom is 0.248 e. The number of hydrogen-bond acceptors (Lipinski definition) is 11. The number of benzene rings is 2. The third kappa shape index (κ3) is 9.52. The van der Waals surface area contributed by atoms with Gasteiger partial charge in [0.1, 0.15) is 23.9 Å². The first kappa shape index (κ1) is 47.0. The van der Waals surface area contributed by atoms with Crippen LogP contribution < -0.4 is 21.3 Å². The Kier molecular flexibility index (Phi) is 15.1. The lowest BCUT2D eigenvalue weighted by molar-refractivity contribution is -0.141. The molecule has 9 N–H and O–H groups in total. The van der Waals surface area contributed by atoms with Gasteiger partial charge in [0.05, 0.1) is 60.0 Å². The van der Waals surface area contributed by atoms with Crippen molar-refractivity contribution in [2.75, 3.05) is 41.4 Å². The second-order valence-electron chi connectivity index (χ2n) is 16.7. The van der Waals surface area contributed by atoms with Crippen molar-refractivity contribution in [1.82, 2.24) is 41.0 Å². The van der Waals surface area contributed by atoms with Crippen LogP contribution in [0.5, 0.6) is 0 Å². The number of ether oxygens (including phenoxy) is 2. The molecule has 62 heavy (non-hydrogen) atoms. The van der Waals surface area contributed by atoms with Crippen LogP contribution in [0.1, 0.15) is 51.7 Å². The molecule has 0 saturated carbocycles. The van der Waals surface area contributed by atoms with Crippen LogP contribution in [0.25, 0.3) is 33.2 Å². The minimum atomic E-state index is -1.28. The average Bonchev–Trinajstić information content (AvgIpc) is 4.02. The lowest BCUT2D eigenvalue weighted by Gasteiger charge is -2.38. The van der Waals surface area contributed by atoms with Crippen LogP contribution in [0.3, 0.4) is 0 Å². The molecule has 6 rings (SSSR count). The maximum absolute atomic E-state index is 14.9. The number of H-pyrrole nitrogens is 2. The molecule has 340 valence electrons. The summed E-state index contributed by atoms with van der Waals surface area (Å²) in [6.45, 7) is 7.28. The molecule has 3 amide bonds. The predicted octanol–water partition coefficient (Wildman–Crippen LogP) is 1.65. The van der Waals surface area contributed by atoms with Gasteiger partial charge in [-0.2, -0.15) is 0 Å². The van der Waals surface area contributed by atoms with Crippen molar-refractivity contribution in [2.45, 2.75) is 120 Å². The van der Waals surface area contributed by atoms with E-state index in [1.807, 2.05) is 0 Å². The largest absolute Gasteiger partial charge is 0.391 e. The molecular formula is C44H62F2N8O8. The van der Waals surface area contributed by atoms with Gasteiger partial charge in [-0.15, -0.1) is 0 Å². The molecular weight excluding hydrogens is 807 g/mol. The summed E-state index contributed by atoms with van der Waals surface area (Å²) in [4.78, 5) is 50.5. The van der Waals surface area contributed by atoms with Crippen LogP contribution in [0.2, 0.25) is 0 Å². The molecule has 16 nitrogen and oxygen atoms in total. The predicted molar refractivity (Wildman–Crippen MR) is 230 cm³/mol. The highest BCUT2D eigenvalue weighted by atomic mass is 19.1. The van der Waals surface area contributed by atoms with E-state index in [-0.39, 0.29) is 31.7 Å². The fourth-order valence-corrected chi connectivity index (χ4v) is 8.84. The van der Waals surface area contributed by atoms with E-state index in [0.29, 0.717) is 57.3 Å². The summed E-state index contributed by atoms with van der Waals surface area (Å²) >= 11 is 0. The first-order chi connectivity index (χ1) is 29.5. The number of nitrogens with one attached hydrogen (secondary N) is 6. The highest BCUT2D eigenvalue weighted by Gasteiger charge is 2.44. The number of aliphatic hydroxyl groups excluding tert-OH is 3. The summed E-state index contributed by atoms with van der Waals surface area (Å²) in [5.74, 6) is -2.16. The second-order valence-corrected chi connectivity index (χ2v) is 16.7. The van der Waals surface area contributed by atoms with Gasteiger partial charge in [-0.1, -0.05) is 0 Å². The van der Waals surface area contributed by atoms with E-state index in [1.54, 1.807) is 63.7 Å². The minimum Gasteiger partial charge on any atom is -0.391 e. The van der Waals surface area contributed by atoms with Gasteiger partial charge in [0.15, 0.2) is 0 Å². The lowest BCUT2D eigenvalue weighted by Crippen LogP contribution is -2.60. The number of halogens is 2. The molecule has 0 radical (unpaired) electrons. The molecule has 4 aromatic rings. The smallest absolute Gasteiger partial charge is 0.248 e. The van der Waals surface area contributed by atoms with E-state index >= 15 is 0 Å². The number of aromatic amines is 2. The molecule has 0 aliphatic carbocycles. The Balaban J connectivity index is 1.42. The lowest BCUT2D eigenvalue weighted by atomic mass is 9.93. The molecule has 1 unspecified atom stereocenters. The summed E-state index contributed by atoms with van der Waals surface area (Å²) in [5.41, 5.74) is 3.20. The Morgan fingerprint density at radius 2 is 1.24 bits per heavy atom. The average molecular weight is 869 g/mol. The van der Waals surface area contributed by atoms with E-state index in [1.165, 1.54) is 38.5 Å². The number of likely N-dealkylation sites (tertiary alicyclic amines) is 2. The van der Waals surface area contributed by atoms with Gasteiger partial charge in [0.25, 0.3) is 0 Å². The van der Waals surface area contributed by atoms with Gasteiger partial charge in [-0.3, -0.25) is 19.3 Å². The SMILES string of the molecule is CN[C@@H](C)C(=O)N[C@H](C(=O)N1CC[C@H](O)[C@H]1Cc1c(-c2[nH]c3cc(F)ccc3c2C[C@@H]2[C@@H](O)CCN2C(O)[C@@H](NC(=O)[C@H](C)NC)[C@@H](C)OC)[nH]c2cc(F)ccc12)[C@@H](C)OC. The molecule has 2 aliphatic rings. The minimum absolute atomic E-state index is 0.101. The molecule has 2 aromatic carbocycles. The van der Waals surface area contributed by atoms with Crippen molar-refractivity contribution in [3.63, 3.8) is 0 Å². The number of methoxy groups -OCH3 is 2. The van der Waals surface area contributed by atoms with Gasteiger partial charge in [0.2, 0.25) is 17.7 Å². The molecule has 0 bridgehead atoms. The molecule has 2 saturated heterocycles. The number of likely N-dealkylation sites (N-methyl/N-ethyl adjacent to an activating group) is 2. The third-order valence-electron chi connectivity index (χ3n) is 13.1. The fourth-order valence-electron chi connectivity index (χ4n) is 8.84. The van der Waals surface area contributed by atoms with E-state index in [2.05, 4.69) is 31.2 Å². The third-order valence-corrected chi connectivity index (χ3v) is 13.1. The van der Waals surface area contributed by atoms with Crippen molar-refractivity contribution in [2.24, 2.45) is 0 Å². The topological polar surface area (TPSA) is 217 Å². The number of carbonyl (C=O) groups excluding carboxylic acids is 3. The van der Waals surface area contributed by atoms with Crippen molar-refractivity contribution >= 4 is 39.5 Å². The van der Waals surface area contributed by atoms with E-state index in [0.717, 1.165) is 0 Å². The van der Waals surface area contributed by atoms with Crippen LogP contribution >= 0.6 is 0 Å².